The van der Waals surface area contributed by atoms with Gasteiger partial charge in [-0.1, -0.05) is 36.8 Å². The van der Waals surface area contributed by atoms with Gasteiger partial charge in [-0.3, -0.25) is 14.4 Å². The summed E-state index contributed by atoms with van der Waals surface area (Å²) < 4.78 is 0. The van der Waals surface area contributed by atoms with Gasteiger partial charge in [-0.2, -0.15) is 0 Å². The Balaban J connectivity index is 1.66. The fourth-order valence-corrected chi connectivity index (χ4v) is 2.61. The van der Waals surface area contributed by atoms with E-state index in [0.29, 0.717) is 30.6 Å². The van der Waals surface area contributed by atoms with Gasteiger partial charge in [0.25, 0.3) is 0 Å². The lowest BCUT2D eigenvalue weighted by Gasteiger charge is -2.11. The lowest BCUT2D eigenvalue weighted by molar-refractivity contribution is -0.116. The topological polar surface area (TPSA) is 113 Å². The maximum Gasteiger partial charge on any atom is 0.238 e. The zero-order valence-corrected chi connectivity index (χ0v) is 15.7. The van der Waals surface area contributed by atoms with Gasteiger partial charge >= 0.3 is 0 Å². The Bertz CT molecular complexity index is 793. The first-order valence-electron chi connectivity index (χ1n) is 9.32. The van der Waals surface area contributed by atoms with E-state index in [9.17, 15) is 14.4 Å². The fraction of sp³-hybridized carbons (Fsp3) is 0.286. The number of hydrogen-bond donors (Lipinski definition) is 4. The van der Waals surface area contributed by atoms with Crippen LogP contribution in [0.2, 0.25) is 0 Å². The van der Waals surface area contributed by atoms with Gasteiger partial charge in [0, 0.05) is 18.5 Å². The van der Waals surface area contributed by atoms with Gasteiger partial charge in [-0.25, -0.2) is 0 Å². The van der Waals surface area contributed by atoms with Crippen LogP contribution in [0, 0.1) is 0 Å². The molecule has 0 saturated heterocycles. The third-order valence-corrected chi connectivity index (χ3v) is 4.03. The molecule has 28 heavy (non-hydrogen) atoms. The number of rotatable bonds is 10. The second-order valence-corrected chi connectivity index (χ2v) is 6.32. The van der Waals surface area contributed by atoms with Crippen molar-refractivity contribution in [3.05, 3.63) is 54.6 Å². The predicted octanol–water partition coefficient (Wildman–Crippen LogP) is 3.11. The number of benzene rings is 2. The molecule has 148 valence electrons. The summed E-state index contributed by atoms with van der Waals surface area (Å²) in [6, 6.07) is 16.3. The van der Waals surface area contributed by atoms with Gasteiger partial charge in [-0.15, -0.1) is 0 Å². The van der Waals surface area contributed by atoms with Gasteiger partial charge in [0.2, 0.25) is 17.7 Å². The SMILES string of the molecule is NCC(=O)Nc1ccccc1NC(=O)CCCCCC(=O)Nc1ccccc1. The molecule has 0 radical (unpaired) electrons. The van der Waals surface area contributed by atoms with Crippen molar-refractivity contribution in [3.8, 4) is 0 Å². The van der Waals surface area contributed by atoms with Crippen molar-refractivity contribution in [3.63, 3.8) is 0 Å². The molecule has 0 bridgehead atoms. The van der Waals surface area contributed by atoms with E-state index in [1.165, 1.54) is 0 Å². The number of amides is 3. The summed E-state index contributed by atoms with van der Waals surface area (Å²) in [6.07, 6.45) is 2.95. The number of unbranched alkanes of at least 4 members (excludes halogenated alkanes) is 2. The van der Waals surface area contributed by atoms with Crippen LogP contribution in [0.5, 0.6) is 0 Å². The first kappa shape index (κ1) is 21.1. The van der Waals surface area contributed by atoms with Gasteiger partial charge in [0.15, 0.2) is 0 Å². The molecule has 0 aliphatic carbocycles. The summed E-state index contributed by atoms with van der Waals surface area (Å²) in [5.74, 6) is -0.487. The van der Waals surface area contributed by atoms with Crippen LogP contribution in [0.15, 0.2) is 54.6 Å². The van der Waals surface area contributed by atoms with Gasteiger partial charge in [0.1, 0.15) is 0 Å². The van der Waals surface area contributed by atoms with E-state index in [1.54, 1.807) is 24.3 Å². The third kappa shape index (κ3) is 7.59. The molecule has 7 nitrogen and oxygen atoms in total. The highest BCUT2D eigenvalue weighted by Crippen LogP contribution is 2.21. The monoisotopic (exact) mass is 382 g/mol. The number of nitrogens with two attached hydrogens (primary N) is 1. The van der Waals surface area contributed by atoms with E-state index in [0.717, 1.165) is 18.5 Å². The maximum atomic E-state index is 12.1. The van der Waals surface area contributed by atoms with Crippen molar-refractivity contribution < 1.29 is 14.4 Å². The predicted molar refractivity (Wildman–Crippen MR) is 111 cm³/mol. The quantitative estimate of drug-likeness (QED) is 0.473. The molecule has 2 rings (SSSR count). The number of nitrogens with one attached hydrogen (secondary N) is 3. The smallest absolute Gasteiger partial charge is 0.238 e. The summed E-state index contributed by atoms with van der Waals surface area (Å²) in [5.41, 5.74) is 7.14. The van der Waals surface area contributed by atoms with Crippen LogP contribution in [0.1, 0.15) is 32.1 Å². The van der Waals surface area contributed by atoms with Crippen LogP contribution < -0.4 is 21.7 Å². The standard InChI is InChI=1S/C21H26N4O3/c22-15-21(28)25-18-12-8-7-11-17(18)24-20(27)14-6-2-5-13-19(26)23-16-9-3-1-4-10-16/h1,3-4,7-12H,2,5-6,13-15,22H2,(H,23,26)(H,24,27)(H,25,28). The van der Waals surface area contributed by atoms with Gasteiger partial charge in [-0.05, 0) is 37.1 Å². The Morgan fingerprint density at radius 1 is 0.643 bits per heavy atom. The highest BCUT2D eigenvalue weighted by Gasteiger charge is 2.09. The van der Waals surface area contributed by atoms with E-state index >= 15 is 0 Å². The number of carbonyl (C=O) groups excluding carboxylic acids is 3. The molecule has 0 aliphatic rings. The normalized spacial score (nSPS) is 10.2. The van der Waals surface area contributed by atoms with Crippen molar-refractivity contribution in [2.75, 3.05) is 22.5 Å². The molecular weight excluding hydrogens is 356 g/mol. The van der Waals surface area contributed by atoms with E-state index in [-0.39, 0.29) is 24.3 Å². The fourth-order valence-electron chi connectivity index (χ4n) is 2.61. The Labute approximate surface area is 164 Å². The second kappa shape index (κ2) is 11.5. The molecule has 7 heteroatoms. The maximum absolute atomic E-state index is 12.1. The van der Waals surface area contributed by atoms with Gasteiger partial charge in [0.05, 0.1) is 17.9 Å². The average Bonchev–Trinajstić information content (AvgIpc) is 2.70. The minimum Gasteiger partial charge on any atom is -0.326 e. The third-order valence-electron chi connectivity index (χ3n) is 4.03. The number of para-hydroxylation sites is 3. The van der Waals surface area contributed by atoms with Crippen LogP contribution in [-0.4, -0.2) is 24.3 Å². The largest absolute Gasteiger partial charge is 0.326 e. The Morgan fingerprint density at radius 2 is 1.14 bits per heavy atom. The molecule has 0 unspecified atom stereocenters. The van der Waals surface area contributed by atoms with Crippen LogP contribution in [0.4, 0.5) is 17.1 Å². The number of anilines is 3. The van der Waals surface area contributed by atoms with E-state index in [1.807, 2.05) is 30.3 Å². The van der Waals surface area contributed by atoms with E-state index in [4.69, 9.17) is 5.73 Å². The summed E-state index contributed by atoms with van der Waals surface area (Å²) in [5, 5.41) is 8.29. The van der Waals surface area contributed by atoms with Crippen molar-refractivity contribution in [1.29, 1.82) is 0 Å². The number of hydrogen-bond acceptors (Lipinski definition) is 4. The molecular formula is C21H26N4O3. The van der Waals surface area contributed by atoms with Crippen molar-refractivity contribution in [2.45, 2.75) is 32.1 Å². The van der Waals surface area contributed by atoms with Gasteiger partial charge < -0.3 is 21.7 Å². The van der Waals surface area contributed by atoms with E-state index in [2.05, 4.69) is 16.0 Å². The zero-order valence-electron chi connectivity index (χ0n) is 15.7. The first-order valence-corrected chi connectivity index (χ1v) is 9.32. The Hall–Kier alpha value is -3.19. The molecule has 2 aromatic rings. The van der Waals surface area contributed by atoms with Crippen molar-refractivity contribution in [1.82, 2.24) is 0 Å². The molecule has 0 fully saturated rings. The average molecular weight is 382 g/mol. The molecule has 0 aliphatic heterocycles. The zero-order chi connectivity index (χ0) is 20.2. The molecule has 0 atom stereocenters. The molecule has 0 saturated carbocycles. The van der Waals surface area contributed by atoms with Crippen LogP contribution >= 0.6 is 0 Å². The molecule has 0 spiro atoms. The molecule has 3 amide bonds. The molecule has 0 heterocycles. The van der Waals surface area contributed by atoms with Crippen LogP contribution in [0.25, 0.3) is 0 Å². The Kier molecular flexibility index (Phi) is 8.68. The van der Waals surface area contributed by atoms with E-state index < -0.39 is 0 Å². The van der Waals surface area contributed by atoms with Crippen molar-refractivity contribution in [2.24, 2.45) is 5.73 Å². The Morgan fingerprint density at radius 3 is 1.71 bits per heavy atom. The lowest BCUT2D eigenvalue weighted by Crippen LogP contribution is -2.23. The summed E-state index contributed by atoms with van der Waals surface area (Å²) in [6.45, 7) is -0.125. The highest BCUT2D eigenvalue weighted by molar-refractivity contribution is 6.00. The highest BCUT2D eigenvalue weighted by atomic mass is 16.2. The summed E-state index contributed by atoms with van der Waals surface area (Å²) >= 11 is 0. The summed E-state index contributed by atoms with van der Waals surface area (Å²) in [7, 11) is 0. The first-order chi connectivity index (χ1) is 13.6. The molecule has 0 aromatic heterocycles. The minimum absolute atomic E-state index is 0.0276. The number of carbonyl (C=O) groups is 3. The molecule has 5 N–H and O–H groups in total. The molecule has 2 aromatic carbocycles. The van der Waals surface area contributed by atoms with Crippen LogP contribution in [0.3, 0.4) is 0 Å². The van der Waals surface area contributed by atoms with Crippen LogP contribution in [-0.2, 0) is 14.4 Å². The minimum atomic E-state index is -0.324. The summed E-state index contributed by atoms with van der Waals surface area (Å²) in [4.78, 5) is 35.4. The van der Waals surface area contributed by atoms with Crippen molar-refractivity contribution >= 4 is 34.8 Å². The lowest BCUT2D eigenvalue weighted by atomic mass is 10.1. The second-order valence-electron chi connectivity index (χ2n) is 6.32.